The Labute approximate surface area is 163 Å². The van der Waals surface area contributed by atoms with Gasteiger partial charge in [0.25, 0.3) is 0 Å². The van der Waals surface area contributed by atoms with Gasteiger partial charge in [0, 0.05) is 16.1 Å². The van der Waals surface area contributed by atoms with E-state index in [9.17, 15) is 9.59 Å². The van der Waals surface area contributed by atoms with Gasteiger partial charge >= 0.3 is 0 Å². The van der Waals surface area contributed by atoms with Crippen LogP contribution in [-0.4, -0.2) is 36.2 Å². The van der Waals surface area contributed by atoms with Crippen LogP contribution in [0.1, 0.15) is 35.2 Å². The third kappa shape index (κ3) is 4.64. The number of ketones is 1. The van der Waals surface area contributed by atoms with Gasteiger partial charge in [-0.1, -0.05) is 41.8 Å². The lowest BCUT2D eigenvalue weighted by molar-refractivity contribution is -0.117. The van der Waals surface area contributed by atoms with E-state index >= 15 is 0 Å². The summed E-state index contributed by atoms with van der Waals surface area (Å²) in [6, 6.07) is 11.7. The Morgan fingerprint density at radius 3 is 2.42 bits per heavy atom. The highest BCUT2D eigenvalue weighted by Crippen LogP contribution is 2.26. The predicted molar refractivity (Wildman–Crippen MR) is 105 cm³/mol. The number of carbonyl (C=O) groups excluding carboxylic acids is 2. The third-order valence-corrected chi connectivity index (χ3v) is 5.00. The second-order valence-electron chi connectivity index (χ2n) is 6.38. The number of nitrogens with one attached hydrogen (secondary N) is 1. The average Bonchev–Trinajstić information content (AvgIpc) is 2.64. The molecule has 26 heavy (non-hydrogen) atoms. The molecular formula is C20H20Cl2N2O2. The molecule has 3 rings (SSSR count). The second-order valence-corrected chi connectivity index (χ2v) is 7.23. The Hall–Kier alpha value is -1.88. The molecule has 0 unspecified atom stereocenters. The molecule has 1 heterocycles. The Kier molecular flexibility index (Phi) is 6.30. The van der Waals surface area contributed by atoms with E-state index in [-0.39, 0.29) is 11.7 Å². The molecule has 6 heteroatoms. The summed E-state index contributed by atoms with van der Waals surface area (Å²) in [6.07, 6.45) is 3.45. The summed E-state index contributed by atoms with van der Waals surface area (Å²) in [7, 11) is 0. The van der Waals surface area contributed by atoms with Gasteiger partial charge in [-0.05, 0) is 56.3 Å². The van der Waals surface area contributed by atoms with Crippen LogP contribution in [0.3, 0.4) is 0 Å². The maximum absolute atomic E-state index is 12.9. The molecule has 0 aliphatic carbocycles. The van der Waals surface area contributed by atoms with E-state index in [2.05, 4.69) is 10.2 Å². The Balaban J connectivity index is 1.80. The first-order valence-corrected chi connectivity index (χ1v) is 9.41. The van der Waals surface area contributed by atoms with Gasteiger partial charge in [-0.15, -0.1) is 0 Å². The highest BCUT2D eigenvalue weighted by Gasteiger charge is 2.19. The van der Waals surface area contributed by atoms with Crippen molar-refractivity contribution in [2.24, 2.45) is 0 Å². The number of likely N-dealkylation sites (tertiary alicyclic amines) is 1. The standard InChI is InChI=1S/C20H20Cl2N2O2/c21-14-8-9-18(23-19(25)13-24-10-4-1-5-11-24)16(12-14)20(26)15-6-2-3-7-17(15)22/h2-3,6-9,12H,1,4-5,10-11,13H2,(H,23,25). The van der Waals surface area contributed by atoms with Crippen LogP contribution in [0.2, 0.25) is 10.0 Å². The van der Waals surface area contributed by atoms with Crippen LogP contribution in [-0.2, 0) is 4.79 Å². The normalized spacial score (nSPS) is 14.8. The number of anilines is 1. The lowest BCUT2D eigenvalue weighted by Crippen LogP contribution is -2.37. The summed E-state index contributed by atoms with van der Waals surface area (Å²) in [4.78, 5) is 27.5. The summed E-state index contributed by atoms with van der Waals surface area (Å²) in [6.45, 7) is 2.18. The Bertz CT molecular complexity index is 817. The molecule has 0 atom stereocenters. The Morgan fingerprint density at radius 2 is 1.69 bits per heavy atom. The van der Waals surface area contributed by atoms with Crippen molar-refractivity contribution < 1.29 is 9.59 Å². The van der Waals surface area contributed by atoms with Gasteiger partial charge in [-0.3, -0.25) is 14.5 Å². The molecule has 1 aliphatic heterocycles. The van der Waals surface area contributed by atoms with Gasteiger partial charge in [0.05, 0.1) is 17.3 Å². The molecule has 0 saturated carbocycles. The van der Waals surface area contributed by atoms with E-state index in [1.54, 1.807) is 42.5 Å². The lowest BCUT2D eigenvalue weighted by atomic mass is 10.0. The molecule has 0 radical (unpaired) electrons. The van der Waals surface area contributed by atoms with E-state index in [1.165, 1.54) is 6.42 Å². The molecule has 4 nitrogen and oxygen atoms in total. The van der Waals surface area contributed by atoms with Crippen molar-refractivity contribution in [1.82, 2.24) is 4.90 Å². The first-order chi connectivity index (χ1) is 12.5. The fraction of sp³-hybridized carbons (Fsp3) is 0.300. The maximum atomic E-state index is 12.9. The number of nitrogens with zero attached hydrogens (tertiary/aromatic N) is 1. The SMILES string of the molecule is O=C(CN1CCCCC1)Nc1ccc(Cl)cc1C(=O)c1ccccc1Cl. The van der Waals surface area contributed by atoms with Gasteiger partial charge in [-0.2, -0.15) is 0 Å². The molecule has 2 aromatic carbocycles. The van der Waals surface area contributed by atoms with E-state index in [0.717, 1.165) is 25.9 Å². The number of benzene rings is 2. The van der Waals surface area contributed by atoms with Gasteiger partial charge in [0.15, 0.2) is 5.78 Å². The highest BCUT2D eigenvalue weighted by atomic mass is 35.5. The smallest absolute Gasteiger partial charge is 0.238 e. The van der Waals surface area contributed by atoms with E-state index in [1.807, 2.05) is 0 Å². The van der Waals surface area contributed by atoms with Crippen LogP contribution in [0, 0.1) is 0 Å². The molecule has 136 valence electrons. The van der Waals surface area contributed by atoms with Crippen molar-refractivity contribution in [2.75, 3.05) is 25.0 Å². The van der Waals surface area contributed by atoms with Gasteiger partial charge in [0.1, 0.15) is 0 Å². The summed E-state index contributed by atoms with van der Waals surface area (Å²) in [5, 5.41) is 3.64. The van der Waals surface area contributed by atoms with E-state index < -0.39 is 0 Å². The van der Waals surface area contributed by atoms with Crippen LogP contribution in [0.4, 0.5) is 5.69 Å². The molecule has 1 aliphatic rings. The van der Waals surface area contributed by atoms with Crippen molar-refractivity contribution in [3.05, 3.63) is 63.6 Å². The second kappa shape index (κ2) is 8.67. The van der Waals surface area contributed by atoms with Crippen molar-refractivity contribution in [3.63, 3.8) is 0 Å². The van der Waals surface area contributed by atoms with Crippen LogP contribution in [0.5, 0.6) is 0 Å². The minimum absolute atomic E-state index is 0.137. The maximum Gasteiger partial charge on any atom is 0.238 e. The van der Waals surface area contributed by atoms with E-state index in [0.29, 0.717) is 33.4 Å². The van der Waals surface area contributed by atoms with Crippen LogP contribution in [0.15, 0.2) is 42.5 Å². The zero-order valence-electron chi connectivity index (χ0n) is 14.3. The van der Waals surface area contributed by atoms with Gasteiger partial charge in [0.2, 0.25) is 5.91 Å². The van der Waals surface area contributed by atoms with Crippen LogP contribution >= 0.6 is 23.2 Å². The molecule has 1 N–H and O–H groups in total. The number of piperidine rings is 1. The van der Waals surface area contributed by atoms with Crippen LogP contribution < -0.4 is 5.32 Å². The first-order valence-electron chi connectivity index (χ1n) is 8.65. The summed E-state index contributed by atoms with van der Waals surface area (Å²) >= 11 is 12.2. The summed E-state index contributed by atoms with van der Waals surface area (Å²) < 4.78 is 0. The molecule has 0 aromatic heterocycles. The monoisotopic (exact) mass is 390 g/mol. The molecule has 2 aromatic rings. The third-order valence-electron chi connectivity index (χ3n) is 4.43. The summed E-state index contributed by atoms with van der Waals surface area (Å²) in [5.41, 5.74) is 1.15. The Morgan fingerprint density at radius 1 is 0.962 bits per heavy atom. The van der Waals surface area contributed by atoms with E-state index in [4.69, 9.17) is 23.2 Å². The van der Waals surface area contributed by atoms with Gasteiger partial charge < -0.3 is 5.32 Å². The highest BCUT2D eigenvalue weighted by molar-refractivity contribution is 6.36. The molecule has 1 amide bonds. The average molecular weight is 391 g/mol. The molecule has 1 saturated heterocycles. The number of halogens is 2. The molecule has 0 bridgehead atoms. The lowest BCUT2D eigenvalue weighted by Gasteiger charge is -2.25. The fourth-order valence-corrected chi connectivity index (χ4v) is 3.51. The van der Waals surface area contributed by atoms with Crippen LogP contribution in [0.25, 0.3) is 0 Å². The zero-order valence-corrected chi connectivity index (χ0v) is 15.8. The largest absolute Gasteiger partial charge is 0.324 e. The number of carbonyl (C=O) groups is 2. The molecule has 1 fully saturated rings. The van der Waals surface area contributed by atoms with Crippen molar-refractivity contribution in [3.8, 4) is 0 Å². The topological polar surface area (TPSA) is 49.4 Å². The predicted octanol–water partition coefficient (Wildman–Crippen LogP) is 4.65. The zero-order chi connectivity index (χ0) is 18.5. The van der Waals surface area contributed by atoms with Crippen molar-refractivity contribution in [2.45, 2.75) is 19.3 Å². The number of hydrogen-bond donors (Lipinski definition) is 1. The summed E-state index contributed by atoms with van der Waals surface area (Å²) in [5.74, 6) is -0.409. The minimum Gasteiger partial charge on any atom is -0.324 e. The molecular weight excluding hydrogens is 371 g/mol. The first kappa shape index (κ1) is 18.9. The van der Waals surface area contributed by atoms with Crippen molar-refractivity contribution in [1.29, 1.82) is 0 Å². The van der Waals surface area contributed by atoms with Gasteiger partial charge in [-0.25, -0.2) is 0 Å². The number of rotatable bonds is 5. The molecule has 0 spiro atoms. The fourth-order valence-electron chi connectivity index (χ4n) is 3.11. The number of hydrogen-bond acceptors (Lipinski definition) is 3. The number of amides is 1. The quantitative estimate of drug-likeness (QED) is 0.755. The van der Waals surface area contributed by atoms with Crippen molar-refractivity contribution >= 4 is 40.6 Å². The minimum atomic E-state index is -0.272.